The Hall–Kier alpha value is -2.08. The molecule has 1 N–H and O–H groups in total. The van der Waals surface area contributed by atoms with Gasteiger partial charge in [0.25, 0.3) is 5.91 Å². The lowest BCUT2D eigenvalue weighted by Crippen LogP contribution is -2.35. The zero-order valence-electron chi connectivity index (χ0n) is 11.1. The van der Waals surface area contributed by atoms with Gasteiger partial charge >= 0.3 is 0 Å². The fourth-order valence-electron chi connectivity index (χ4n) is 1.82. The number of halogens is 3. The SMILES string of the molecule is CC(Cc1c(F)cccc1F)NC(=O)c1ccc(Cl)nn1. The molecule has 0 saturated heterocycles. The molecule has 1 atom stereocenters. The first-order valence-electron chi connectivity index (χ1n) is 6.20. The van der Waals surface area contributed by atoms with Gasteiger partial charge in [0.1, 0.15) is 11.6 Å². The van der Waals surface area contributed by atoms with E-state index in [0.29, 0.717) is 0 Å². The maximum atomic E-state index is 13.5. The molecule has 110 valence electrons. The van der Waals surface area contributed by atoms with Crippen molar-refractivity contribution in [1.82, 2.24) is 15.5 Å². The monoisotopic (exact) mass is 311 g/mol. The summed E-state index contributed by atoms with van der Waals surface area (Å²) in [5.74, 6) is -1.76. The molecular formula is C14H12ClF2N3O. The van der Waals surface area contributed by atoms with Gasteiger partial charge in [-0.3, -0.25) is 4.79 Å². The lowest BCUT2D eigenvalue weighted by molar-refractivity contribution is 0.0933. The number of carbonyl (C=O) groups is 1. The summed E-state index contributed by atoms with van der Waals surface area (Å²) in [6.45, 7) is 1.65. The van der Waals surface area contributed by atoms with Crippen molar-refractivity contribution in [2.45, 2.75) is 19.4 Å². The minimum absolute atomic E-state index is 0.0330. The zero-order chi connectivity index (χ0) is 15.4. The van der Waals surface area contributed by atoms with E-state index in [4.69, 9.17) is 11.6 Å². The van der Waals surface area contributed by atoms with E-state index in [-0.39, 0.29) is 22.8 Å². The van der Waals surface area contributed by atoms with Crippen molar-refractivity contribution in [3.8, 4) is 0 Å². The molecule has 0 aliphatic heterocycles. The summed E-state index contributed by atoms with van der Waals surface area (Å²) in [7, 11) is 0. The van der Waals surface area contributed by atoms with Gasteiger partial charge in [0.2, 0.25) is 0 Å². The summed E-state index contributed by atoms with van der Waals surface area (Å²) in [6, 6.07) is 6.03. The normalized spacial score (nSPS) is 12.0. The van der Waals surface area contributed by atoms with Gasteiger partial charge in [-0.2, -0.15) is 0 Å². The highest BCUT2D eigenvalue weighted by Crippen LogP contribution is 2.14. The smallest absolute Gasteiger partial charge is 0.272 e. The van der Waals surface area contributed by atoms with Crippen molar-refractivity contribution in [2.75, 3.05) is 0 Å². The summed E-state index contributed by atoms with van der Waals surface area (Å²) in [5, 5.41) is 9.96. The summed E-state index contributed by atoms with van der Waals surface area (Å²) >= 11 is 5.58. The van der Waals surface area contributed by atoms with Crippen LogP contribution in [-0.4, -0.2) is 22.1 Å². The van der Waals surface area contributed by atoms with Crippen LogP contribution in [0.5, 0.6) is 0 Å². The van der Waals surface area contributed by atoms with Crippen LogP contribution in [0.2, 0.25) is 5.15 Å². The molecular weight excluding hydrogens is 300 g/mol. The lowest BCUT2D eigenvalue weighted by atomic mass is 10.1. The number of hydrogen-bond donors (Lipinski definition) is 1. The van der Waals surface area contributed by atoms with Crippen molar-refractivity contribution < 1.29 is 13.6 Å². The Morgan fingerprint density at radius 1 is 1.24 bits per heavy atom. The number of benzene rings is 1. The van der Waals surface area contributed by atoms with Gasteiger partial charge in [0.15, 0.2) is 10.8 Å². The Morgan fingerprint density at radius 2 is 1.90 bits per heavy atom. The second kappa shape index (κ2) is 6.58. The molecule has 2 aromatic rings. The van der Waals surface area contributed by atoms with E-state index in [1.807, 2.05) is 0 Å². The molecule has 0 aliphatic rings. The molecule has 0 fully saturated rings. The standard InChI is InChI=1S/C14H12ClF2N3O/c1-8(7-9-10(16)3-2-4-11(9)17)18-14(21)12-5-6-13(15)20-19-12/h2-6,8H,7H2,1H3,(H,18,21). The zero-order valence-corrected chi connectivity index (χ0v) is 11.9. The largest absolute Gasteiger partial charge is 0.348 e. The molecule has 1 aromatic carbocycles. The van der Waals surface area contributed by atoms with Gasteiger partial charge in [0.05, 0.1) is 0 Å². The Bertz CT molecular complexity index is 629. The maximum absolute atomic E-state index is 13.5. The van der Waals surface area contributed by atoms with Crippen molar-refractivity contribution in [3.63, 3.8) is 0 Å². The first kappa shape index (κ1) is 15.3. The lowest BCUT2D eigenvalue weighted by Gasteiger charge is -2.14. The molecule has 0 radical (unpaired) electrons. The van der Waals surface area contributed by atoms with Crippen molar-refractivity contribution in [1.29, 1.82) is 0 Å². The predicted molar refractivity (Wildman–Crippen MR) is 74.0 cm³/mol. The van der Waals surface area contributed by atoms with E-state index in [2.05, 4.69) is 15.5 Å². The highest BCUT2D eigenvalue weighted by Gasteiger charge is 2.16. The average molecular weight is 312 g/mol. The molecule has 21 heavy (non-hydrogen) atoms. The molecule has 1 unspecified atom stereocenters. The van der Waals surface area contributed by atoms with E-state index < -0.39 is 23.6 Å². The van der Waals surface area contributed by atoms with Crippen LogP contribution in [0.1, 0.15) is 23.0 Å². The van der Waals surface area contributed by atoms with Gasteiger partial charge in [-0.25, -0.2) is 8.78 Å². The van der Waals surface area contributed by atoms with Crippen LogP contribution in [0.3, 0.4) is 0 Å². The van der Waals surface area contributed by atoms with Crippen LogP contribution in [0, 0.1) is 11.6 Å². The molecule has 0 aliphatic carbocycles. The Labute approximate surface area is 125 Å². The molecule has 0 saturated carbocycles. The first-order valence-corrected chi connectivity index (χ1v) is 6.58. The number of carbonyl (C=O) groups excluding carboxylic acids is 1. The summed E-state index contributed by atoms with van der Waals surface area (Å²) in [6.07, 6.45) is 0.0330. The van der Waals surface area contributed by atoms with E-state index in [1.165, 1.54) is 30.3 Å². The number of nitrogens with zero attached hydrogens (tertiary/aromatic N) is 2. The summed E-state index contributed by atoms with van der Waals surface area (Å²) in [5.41, 5.74) is 0.0211. The van der Waals surface area contributed by atoms with Crippen molar-refractivity contribution in [3.05, 3.63) is 58.4 Å². The highest BCUT2D eigenvalue weighted by atomic mass is 35.5. The Kier molecular flexibility index (Phi) is 4.80. The fourth-order valence-corrected chi connectivity index (χ4v) is 1.92. The second-order valence-corrected chi connectivity index (χ2v) is 4.91. The molecule has 4 nitrogen and oxygen atoms in total. The topological polar surface area (TPSA) is 54.9 Å². The molecule has 1 amide bonds. The van der Waals surface area contributed by atoms with Crippen LogP contribution in [0.25, 0.3) is 0 Å². The quantitative estimate of drug-likeness (QED) is 0.944. The predicted octanol–water partition coefficient (Wildman–Crippen LogP) is 2.77. The molecule has 2 rings (SSSR count). The van der Waals surface area contributed by atoms with Crippen molar-refractivity contribution in [2.24, 2.45) is 0 Å². The molecule has 1 aromatic heterocycles. The van der Waals surface area contributed by atoms with Gasteiger partial charge in [-0.05, 0) is 37.6 Å². The maximum Gasteiger partial charge on any atom is 0.272 e. The third-order valence-electron chi connectivity index (χ3n) is 2.81. The van der Waals surface area contributed by atoms with Crippen LogP contribution in [0.15, 0.2) is 30.3 Å². The summed E-state index contributed by atoms with van der Waals surface area (Å²) in [4.78, 5) is 11.9. The third kappa shape index (κ3) is 3.95. The number of hydrogen-bond acceptors (Lipinski definition) is 3. The third-order valence-corrected chi connectivity index (χ3v) is 3.02. The first-order chi connectivity index (χ1) is 9.97. The molecule has 7 heteroatoms. The van der Waals surface area contributed by atoms with Gasteiger partial charge < -0.3 is 5.32 Å². The molecule has 0 spiro atoms. The van der Waals surface area contributed by atoms with E-state index in [1.54, 1.807) is 6.92 Å². The van der Waals surface area contributed by atoms with Gasteiger partial charge in [-0.15, -0.1) is 10.2 Å². The Morgan fingerprint density at radius 3 is 2.48 bits per heavy atom. The minimum atomic E-state index is -0.637. The second-order valence-electron chi connectivity index (χ2n) is 4.52. The minimum Gasteiger partial charge on any atom is -0.348 e. The van der Waals surface area contributed by atoms with Crippen LogP contribution < -0.4 is 5.32 Å². The molecule has 0 bridgehead atoms. The van der Waals surface area contributed by atoms with Gasteiger partial charge in [0, 0.05) is 11.6 Å². The number of nitrogens with one attached hydrogen (secondary N) is 1. The number of amides is 1. The van der Waals surface area contributed by atoms with E-state index in [9.17, 15) is 13.6 Å². The highest BCUT2D eigenvalue weighted by molar-refractivity contribution is 6.29. The van der Waals surface area contributed by atoms with E-state index in [0.717, 1.165) is 0 Å². The number of rotatable bonds is 4. The molecule has 1 heterocycles. The fraction of sp³-hybridized carbons (Fsp3) is 0.214. The van der Waals surface area contributed by atoms with Crippen LogP contribution in [0.4, 0.5) is 8.78 Å². The average Bonchev–Trinajstić information content (AvgIpc) is 2.43. The van der Waals surface area contributed by atoms with Crippen LogP contribution >= 0.6 is 11.6 Å². The Balaban J connectivity index is 2.03. The van der Waals surface area contributed by atoms with Crippen molar-refractivity contribution >= 4 is 17.5 Å². The van der Waals surface area contributed by atoms with Crippen LogP contribution in [-0.2, 0) is 6.42 Å². The van der Waals surface area contributed by atoms with Gasteiger partial charge in [-0.1, -0.05) is 17.7 Å². The van der Waals surface area contributed by atoms with E-state index >= 15 is 0 Å². The number of aromatic nitrogens is 2. The summed E-state index contributed by atoms with van der Waals surface area (Å²) < 4.78 is 27.1.